The van der Waals surface area contributed by atoms with Crippen molar-refractivity contribution in [2.75, 3.05) is 7.11 Å². The first-order valence-electron chi connectivity index (χ1n) is 9.31. The first-order chi connectivity index (χ1) is 14.6. The monoisotopic (exact) mass is 398 g/mol. The highest BCUT2D eigenvalue weighted by Gasteiger charge is 2.13. The van der Waals surface area contributed by atoms with Gasteiger partial charge in [-0.2, -0.15) is 0 Å². The summed E-state index contributed by atoms with van der Waals surface area (Å²) in [6.45, 7) is 3.49. The summed E-state index contributed by atoms with van der Waals surface area (Å²) in [5.74, 6) is 1.24. The molecule has 6 heteroatoms. The topological polar surface area (TPSA) is 67.4 Å². The largest absolute Gasteiger partial charge is 0.497 e. The molecule has 0 aliphatic heterocycles. The second kappa shape index (κ2) is 8.05. The lowest BCUT2D eigenvalue weighted by atomic mass is 10.2. The third-order valence-corrected chi connectivity index (χ3v) is 4.73. The highest BCUT2D eigenvalue weighted by atomic mass is 16.5. The molecule has 1 aromatic heterocycles. The number of hydrogen-bond donors (Lipinski definition) is 1. The van der Waals surface area contributed by atoms with Crippen LogP contribution in [0.15, 0.2) is 77.6 Å². The van der Waals surface area contributed by atoms with Gasteiger partial charge in [-0.25, -0.2) is 4.98 Å². The van der Waals surface area contributed by atoms with Crippen LogP contribution in [-0.2, 0) is 0 Å². The quantitative estimate of drug-likeness (QED) is 0.236. The van der Waals surface area contributed by atoms with Gasteiger partial charge < -0.3 is 4.74 Å². The summed E-state index contributed by atoms with van der Waals surface area (Å²) in [7, 11) is 1.62. The van der Waals surface area contributed by atoms with Gasteiger partial charge in [-0.1, -0.05) is 36.4 Å². The van der Waals surface area contributed by atoms with Gasteiger partial charge in [-0.15, -0.1) is 0 Å². The molecule has 0 aliphatic carbocycles. The van der Waals surface area contributed by atoms with E-state index in [9.17, 15) is 10.0 Å². The van der Waals surface area contributed by atoms with E-state index in [-0.39, 0.29) is 5.56 Å². The molecule has 0 saturated carbocycles. The summed E-state index contributed by atoms with van der Waals surface area (Å²) in [6, 6.07) is 21.7. The number of aromatic nitrogens is 2. The van der Waals surface area contributed by atoms with Crippen molar-refractivity contribution < 1.29 is 14.7 Å². The van der Waals surface area contributed by atoms with E-state index in [1.807, 2.05) is 48.5 Å². The highest BCUT2D eigenvalue weighted by molar-refractivity contribution is 5.80. The van der Waals surface area contributed by atoms with Gasteiger partial charge in [0.05, 0.1) is 23.7 Å². The molecule has 0 atom stereocenters. The summed E-state index contributed by atoms with van der Waals surface area (Å²) in [5.41, 5.74) is 2.40. The van der Waals surface area contributed by atoms with Crippen LogP contribution < -0.4 is 10.3 Å². The summed E-state index contributed by atoms with van der Waals surface area (Å²) < 4.78 is 7.47. The molecule has 4 rings (SSSR count). The first-order valence-corrected chi connectivity index (χ1v) is 9.31. The van der Waals surface area contributed by atoms with Crippen molar-refractivity contribution in [3.63, 3.8) is 0 Å². The summed E-state index contributed by atoms with van der Waals surface area (Å²) in [5, 5.41) is 10.2. The molecule has 0 bridgehead atoms. The van der Waals surface area contributed by atoms with E-state index in [4.69, 9.17) is 9.72 Å². The molecule has 148 valence electrons. The van der Waals surface area contributed by atoms with Crippen molar-refractivity contribution in [2.45, 2.75) is 0 Å². The Balaban J connectivity index is 1.90. The van der Waals surface area contributed by atoms with Crippen LogP contribution in [0.3, 0.4) is 0 Å². The molecular formula is C24H20N3O3+. The average Bonchev–Trinajstić information content (AvgIpc) is 2.78. The minimum absolute atomic E-state index is 0.194. The Hall–Kier alpha value is -4.19. The number of methoxy groups -OCH3 is 1. The fraction of sp³-hybridized carbons (Fsp3) is 0.0417. The van der Waals surface area contributed by atoms with Crippen LogP contribution in [0.2, 0.25) is 0 Å². The molecule has 0 saturated heterocycles. The molecule has 1 heterocycles. The van der Waals surface area contributed by atoms with Crippen molar-refractivity contribution in [2.24, 2.45) is 0 Å². The number of benzene rings is 3. The lowest BCUT2D eigenvalue weighted by Gasteiger charge is -2.11. The first kappa shape index (κ1) is 19.1. The maximum absolute atomic E-state index is 13.3. The molecule has 0 radical (unpaired) electrons. The van der Waals surface area contributed by atoms with Crippen LogP contribution in [-0.4, -0.2) is 33.3 Å². The van der Waals surface area contributed by atoms with Crippen LogP contribution in [0.5, 0.6) is 5.75 Å². The Morgan fingerprint density at radius 2 is 1.80 bits per heavy atom. The molecular weight excluding hydrogens is 378 g/mol. The van der Waals surface area contributed by atoms with Gasteiger partial charge in [0.2, 0.25) is 0 Å². The molecule has 0 spiro atoms. The lowest BCUT2D eigenvalue weighted by molar-refractivity contribution is -0.706. The van der Waals surface area contributed by atoms with Gasteiger partial charge in [-0.05, 0) is 42.0 Å². The van der Waals surface area contributed by atoms with Gasteiger partial charge in [0, 0.05) is 16.9 Å². The van der Waals surface area contributed by atoms with Crippen molar-refractivity contribution >= 4 is 35.5 Å². The fourth-order valence-electron chi connectivity index (χ4n) is 3.19. The molecule has 0 unspecified atom stereocenters. The molecule has 3 aromatic carbocycles. The van der Waals surface area contributed by atoms with E-state index in [1.165, 1.54) is 4.57 Å². The number of para-hydroxylation sites is 1. The normalized spacial score (nSPS) is 11.1. The summed E-state index contributed by atoms with van der Waals surface area (Å²) in [4.78, 5) is 18.0. The zero-order valence-electron chi connectivity index (χ0n) is 16.4. The average molecular weight is 398 g/mol. The van der Waals surface area contributed by atoms with Gasteiger partial charge >= 0.3 is 0 Å². The van der Waals surface area contributed by atoms with Crippen LogP contribution >= 0.6 is 0 Å². The van der Waals surface area contributed by atoms with Crippen molar-refractivity contribution in [1.82, 2.24) is 9.55 Å². The molecule has 4 aromatic rings. The van der Waals surface area contributed by atoms with E-state index in [1.54, 1.807) is 43.5 Å². The highest BCUT2D eigenvalue weighted by Crippen LogP contribution is 2.19. The van der Waals surface area contributed by atoms with Crippen LogP contribution in [0.4, 0.5) is 5.69 Å². The minimum atomic E-state index is -0.194. The zero-order chi connectivity index (χ0) is 21.1. The molecule has 6 nitrogen and oxygen atoms in total. The minimum Gasteiger partial charge on any atom is -0.497 e. The van der Waals surface area contributed by atoms with Crippen molar-refractivity contribution in [3.8, 4) is 11.4 Å². The third-order valence-electron chi connectivity index (χ3n) is 4.73. The predicted octanol–water partition coefficient (Wildman–Crippen LogP) is 4.30. The molecule has 0 amide bonds. The van der Waals surface area contributed by atoms with Crippen LogP contribution in [0.25, 0.3) is 28.7 Å². The standard InChI is InChI=1S/C24H20N3O3/c1-26(29)18-6-5-7-19(16-18)27-23(15-12-17-10-13-20(30-2)14-11-17)25-22-9-4-3-8-21(22)24(27)28/h3-16,29H,1H2,2H3/q+1/b15-12-. The number of rotatable bonds is 5. The van der Waals surface area contributed by atoms with E-state index < -0.39 is 0 Å². The summed E-state index contributed by atoms with van der Waals surface area (Å²) in [6.07, 6.45) is 3.68. The van der Waals surface area contributed by atoms with Gasteiger partial charge in [-0.3, -0.25) is 14.6 Å². The maximum atomic E-state index is 13.3. The van der Waals surface area contributed by atoms with Crippen molar-refractivity contribution in [1.29, 1.82) is 0 Å². The SMILES string of the molecule is C=[N+](O)c1cccc(-n2c(/C=C\c3ccc(OC)cc3)nc3ccccc3c2=O)c1. The van der Waals surface area contributed by atoms with E-state index in [0.29, 0.717) is 28.1 Å². The number of hydrogen-bond acceptors (Lipinski definition) is 4. The molecule has 0 fully saturated rings. The van der Waals surface area contributed by atoms with Crippen LogP contribution in [0.1, 0.15) is 11.4 Å². The predicted molar refractivity (Wildman–Crippen MR) is 118 cm³/mol. The third kappa shape index (κ3) is 3.71. The number of ether oxygens (including phenoxy) is 1. The second-order valence-corrected chi connectivity index (χ2v) is 6.65. The van der Waals surface area contributed by atoms with E-state index >= 15 is 0 Å². The molecule has 30 heavy (non-hydrogen) atoms. The fourth-order valence-corrected chi connectivity index (χ4v) is 3.19. The molecule has 1 N–H and O–H groups in total. The van der Waals surface area contributed by atoms with Crippen LogP contribution in [0, 0.1) is 0 Å². The van der Waals surface area contributed by atoms with Gasteiger partial charge in [0.25, 0.3) is 11.2 Å². The second-order valence-electron chi connectivity index (χ2n) is 6.65. The number of fused-ring (bicyclic) bond motifs is 1. The maximum Gasteiger partial charge on any atom is 0.266 e. The smallest absolute Gasteiger partial charge is 0.266 e. The molecule has 0 aliphatic rings. The zero-order valence-corrected chi connectivity index (χ0v) is 16.4. The van der Waals surface area contributed by atoms with Gasteiger partial charge in [0.15, 0.2) is 6.72 Å². The summed E-state index contributed by atoms with van der Waals surface area (Å²) >= 11 is 0. The number of nitrogens with zero attached hydrogens (tertiary/aromatic N) is 3. The Bertz CT molecular complexity index is 1320. The Kier molecular flexibility index (Phi) is 5.13. The Labute approximate surface area is 173 Å². The Morgan fingerprint density at radius 1 is 1.03 bits per heavy atom. The Morgan fingerprint density at radius 3 is 2.53 bits per heavy atom. The van der Waals surface area contributed by atoms with E-state index in [2.05, 4.69) is 6.72 Å². The lowest BCUT2D eigenvalue weighted by Crippen LogP contribution is -2.22. The van der Waals surface area contributed by atoms with E-state index in [0.717, 1.165) is 16.1 Å². The van der Waals surface area contributed by atoms with Crippen molar-refractivity contribution in [3.05, 3.63) is 94.5 Å². The van der Waals surface area contributed by atoms with Gasteiger partial charge in [0.1, 0.15) is 11.6 Å².